The van der Waals surface area contributed by atoms with E-state index in [-0.39, 0.29) is 0 Å². The van der Waals surface area contributed by atoms with Crippen LogP contribution >= 0.6 is 15.9 Å². The van der Waals surface area contributed by atoms with E-state index >= 15 is 0 Å². The van der Waals surface area contributed by atoms with Crippen molar-refractivity contribution < 1.29 is 0 Å². The second-order valence-electron chi connectivity index (χ2n) is 6.10. The molecular weight excluding hydrogens is 350 g/mol. The van der Waals surface area contributed by atoms with Gasteiger partial charge in [-0.05, 0) is 54.2 Å². The van der Waals surface area contributed by atoms with Crippen molar-refractivity contribution in [3.63, 3.8) is 0 Å². The Morgan fingerprint density at radius 3 is 2.43 bits per heavy atom. The van der Waals surface area contributed by atoms with Crippen LogP contribution in [0.1, 0.15) is 47.1 Å². The van der Waals surface area contributed by atoms with Crippen LogP contribution in [0.4, 0.5) is 11.4 Å². The van der Waals surface area contributed by atoms with Gasteiger partial charge >= 0.3 is 0 Å². The molecule has 0 saturated carbocycles. The monoisotopic (exact) mass is 375 g/mol. The molecule has 0 aliphatic heterocycles. The zero-order chi connectivity index (χ0) is 17.1. The summed E-state index contributed by atoms with van der Waals surface area (Å²) in [5.74, 6) is 6.20. The van der Waals surface area contributed by atoms with Gasteiger partial charge in [0.25, 0.3) is 0 Å². The summed E-state index contributed by atoms with van der Waals surface area (Å²) < 4.78 is 0. The van der Waals surface area contributed by atoms with Crippen LogP contribution in [0.5, 0.6) is 0 Å². The summed E-state index contributed by atoms with van der Waals surface area (Å²) in [7, 11) is 1.81. The van der Waals surface area contributed by atoms with Gasteiger partial charge < -0.3 is 10.7 Å². The molecule has 0 saturated heterocycles. The lowest BCUT2D eigenvalue weighted by molar-refractivity contribution is 0.770. The van der Waals surface area contributed by atoms with Gasteiger partial charge in [0.2, 0.25) is 0 Å². The predicted molar refractivity (Wildman–Crippen MR) is 104 cm³/mol. The number of hydrogen-bond acceptors (Lipinski definition) is 3. The Balaban J connectivity index is 2.52. The van der Waals surface area contributed by atoms with Crippen LogP contribution < -0.4 is 16.6 Å². The van der Waals surface area contributed by atoms with Gasteiger partial charge in [-0.15, -0.1) is 0 Å². The standard InChI is InChI=1S/C19H26BrN3/c1-5-16(14-7-6-12(2)15(10-14)11-20)17-8-9-18(23(4)22)19(21)13(17)3/h6-10,16H,5,11,21-22H2,1-4H3. The van der Waals surface area contributed by atoms with Crippen molar-refractivity contribution in [3.8, 4) is 0 Å². The minimum Gasteiger partial charge on any atom is -0.397 e. The fraction of sp³-hybridized carbons (Fsp3) is 0.368. The molecule has 0 aliphatic carbocycles. The summed E-state index contributed by atoms with van der Waals surface area (Å²) >= 11 is 3.58. The second kappa shape index (κ2) is 7.37. The minimum absolute atomic E-state index is 0.341. The molecule has 23 heavy (non-hydrogen) atoms. The summed E-state index contributed by atoms with van der Waals surface area (Å²) in [5.41, 5.74) is 14.3. The number of benzene rings is 2. The maximum atomic E-state index is 6.31. The summed E-state index contributed by atoms with van der Waals surface area (Å²) in [6.45, 7) is 6.45. The first kappa shape index (κ1) is 17.8. The molecule has 2 aromatic rings. The number of alkyl halides is 1. The molecule has 1 atom stereocenters. The molecule has 0 heterocycles. The van der Waals surface area contributed by atoms with Crippen molar-refractivity contribution in [1.82, 2.24) is 0 Å². The molecule has 1 unspecified atom stereocenters. The molecule has 4 N–H and O–H groups in total. The van der Waals surface area contributed by atoms with E-state index in [4.69, 9.17) is 11.6 Å². The summed E-state index contributed by atoms with van der Waals surface area (Å²) in [4.78, 5) is 0. The van der Waals surface area contributed by atoms with Gasteiger partial charge in [0.05, 0.1) is 11.4 Å². The maximum Gasteiger partial charge on any atom is 0.0746 e. The van der Waals surface area contributed by atoms with Gasteiger partial charge in [0.1, 0.15) is 0 Å². The van der Waals surface area contributed by atoms with Gasteiger partial charge in [0, 0.05) is 18.3 Å². The molecule has 4 heteroatoms. The fourth-order valence-corrected chi connectivity index (χ4v) is 3.71. The van der Waals surface area contributed by atoms with Crippen molar-refractivity contribution in [2.75, 3.05) is 17.8 Å². The molecule has 2 rings (SSSR count). The van der Waals surface area contributed by atoms with Crippen molar-refractivity contribution in [2.24, 2.45) is 5.84 Å². The molecule has 0 aliphatic rings. The van der Waals surface area contributed by atoms with Crippen molar-refractivity contribution in [3.05, 3.63) is 58.1 Å². The Morgan fingerprint density at radius 2 is 1.87 bits per heavy atom. The van der Waals surface area contributed by atoms with E-state index in [2.05, 4.69) is 61.0 Å². The van der Waals surface area contributed by atoms with E-state index in [0.717, 1.165) is 28.7 Å². The average molecular weight is 376 g/mol. The Labute approximate surface area is 147 Å². The van der Waals surface area contributed by atoms with Crippen LogP contribution in [-0.4, -0.2) is 7.05 Å². The highest BCUT2D eigenvalue weighted by Crippen LogP contribution is 2.36. The molecule has 0 aromatic heterocycles. The number of hydrogen-bond donors (Lipinski definition) is 2. The third kappa shape index (κ3) is 3.54. The summed E-state index contributed by atoms with van der Waals surface area (Å²) in [6, 6.07) is 10.9. The fourth-order valence-electron chi connectivity index (χ4n) is 3.10. The topological polar surface area (TPSA) is 55.3 Å². The molecule has 0 amide bonds. The highest BCUT2D eigenvalue weighted by molar-refractivity contribution is 9.08. The van der Waals surface area contributed by atoms with E-state index in [9.17, 15) is 0 Å². The highest BCUT2D eigenvalue weighted by Gasteiger charge is 2.18. The smallest absolute Gasteiger partial charge is 0.0746 e. The summed E-state index contributed by atoms with van der Waals surface area (Å²) in [6.07, 6.45) is 1.03. The zero-order valence-corrected chi connectivity index (χ0v) is 15.9. The molecule has 2 aromatic carbocycles. The van der Waals surface area contributed by atoms with Gasteiger partial charge in [-0.3, -0.25) is 0 Å². The molecule has 0 fully saturated rings. The lowest BCUT2D eigenvalue weighted by Crippen LogP contribution is -2.26. The number of anilines is 2. The van der Waals surface area contributed by atoms with Gasteiger partial charge in [-0.1, -0.05) is 47.1 Å². The van der Waals surface area contributed by atoms with Gasteiger partial charge in [-0.2, -0.15) is 0 Å². The van der Waals surface area contributed by atoms with E-state index in [1.807, 2.05) is 13.1 Å². The number of hydrazine groups is 1. The third-order valence-electron chi connectivity index (χ3n) is 4.62. The van der Waals surface area contributed by atoms with Crippen LogP contribution in [0.2, 0.25) is 0 Å². The first-order chi connectivity index (χ1) is 10.9. The SMILES string of the molecule is CCC(c1ccc(C)c(CBr)c1)c1ccc(N(C)N)c(N)c1C. The lowest BCUT2D eigenvalue weighted by atomic mass is 9.84. The number of rotatable bonds is 5. The quantitative estimate of drug-likeness (QED) is 0.346. The van der Waals surface area contributed by atoms with Crippen molar-refractivity contribution in [1.29, 1.82) is 0 Å². The Hall–Kier alpha value is -1.52. The lowest BCUT2D eigenvalue weighted by Gasteiger charge is -2.23. The van der Waals surface area contributed by atoms with Crippen LogP contribution in [0, 0.1) is 13.8 Å². The number of nitrogens with two attached hydrogens (primary N) is 2. The molecule has 124 valence electrons. The van der Waals surface area contributed by atoms with E-state index < -0.39 is 0 Å². The normalized spacial score (nSPS) is 12.3. The third-order valence-corrected chi connectivity index (χ3v) is 5.22. The second-order valence-corrected chi connectivity index (χ2v) is 6.66. The van der Waals surface area contributed by atoms with E-state index in [0.29, 0.717) is 5.92 Å². The number of nitrogens with zero attached hydrogens (tertiary/aromatic N) is 1. The van der Waals surface area contributed by atoms with Crippen molar-refractivity contribution >= 4 is 27.3 Å². The zero-order valence-electron chi connectivity index (χ0n) is 14.4. The summed E-state index contributed by atoms with van der Waals surface area (Å²) in [5, 5.41) is 2.45. The first-order valence-corrected chi connectivity index (χ1v) is 9.05. The largest absolute Gasteiger partial charge is 0.397 e. The molecule has 0 spiro atoms. The number of halogens is 1. The average Bonchev–Trinajstić information content (AvgIpc) is 2.53. The van der Waals surface area contributed by atoms with Gasteiger partial charge in [0.15, 0.2) is 0 Å². The molecule has 3 nitrogen and oxygen atoms in total. The number of nitrogen functional groups attached to an aromatic ring is 1. The molecule has 0 radical (unpaired) electrons. The van der Waals surface area contributed by atoms with E-state index in [1.165, 1.54) is 22.3 Å². The first-order valence-electron chi connectivity index (χ1n) is 7.93. The predicted octanol–water partition coefficient (Wildman–Crippen LogP) is 4.63. The Morgan fingerprint density at radius 1 is 1.17 bits per heavy atom. The number of aryl methyl sites for hydroxylation is 1. The van der Waals surface area contributed by atoms with Crippen LogP contribution in [-0.2, 0) is 5.33 Å². The Kier molecular flexibility index (Phi) is 5.71. The molecular formula is C19H26BrN3. The highest BCUT2D eigenvalue weighted by atomic mass is 79.9. The van der Waals surface area contributed by atoms with Gasteiger partial charge in [-0.25, -0.2) is 5.84 Å². The Bertz CT molecular complexity index is 695. The van der Waals surface area contributed by atoms with Crippen LogP contribution in [0.25, 0.3) is 0 Å². The molecule has 0 bridgehead atoms. The van der Waals surface area contributed by atoms with Crippen LogP contribution in [0.15, 0.2) is 30.3 Å². The van der Waals surface area contributed by atoms with E-state index in [1.54, 1.807) is 5.01 Å². The maximum absolute atomic E-state index is 6.31. The van der Waals surface area contributed by atoms with Crippen LogP contribution in [0.3, 0.4) is 0 Å². The minimum atomic E-state index is 0.341. The van der Waals surface area contributed by atoms with Crippen molar-refractivity contribution in [2.45, 2.75) is 38.4 Å².